The number of imide groups is 1. The van der Waals surface area contributed by atoms with Crippen LogP contribution in [-0.2, 0) is 24.3 Å². The van der Waals surface area contributed by atoms with Gasteiger partial charge in [0.15, 0.2) is 0 Å². The summed E-state index contributed by atoms with van der Waals surface area (Å²) in [4.78, 5) is 26.8. The summed E-state index contributed by atoms with van der Waals surface area (Å²) >= 11 is 6.38. The first-order chi connectivity index (χ1) is 13.6. The highest BCUT2D eigenvalue weighted by Crippen LogP contribution is 2.49. The van der Waals surface area contributed by atoms with Crippen LogP contribution in [0.3, 0.4) is 0 Å². The van der Waals surface area contributed by atoms with Gasteiger partial charge in [-0.2, -0.15) is 4.31 Å². The molecule has 0 N–H and O–H groups in total. The van der Waals surface area contributed by atoms with E-state index >= 15 is 0 Å². The molecule has 4 rings (SSSR count). The number of carbonyl (C=O) groups is 2. The van der Waals surface area contributed by atoms with Crippen LogP contribution < -0.4 is 4.90 Å². The molecule has 2 saturated heterocycles. The Labute approximate surface area is 176 Å². The molecule has 158 valence electrons. The molecule has 1 aliphatic carbocycles. The SMILES string of the molecule is CC1CN(S(=O)(=O)c2ccc(N3C(=O)CC4(CCCC4)C3=O)c(Cl)c2)CC(C)O1. The lowest BCUT2D eigenvalue weighted by Gasteiger charge is -2.34. The highest BCUT2D eigenvalue weighted by atomic mass is 35.5. The van der Waals surface area contributed by atoms with Gasteiger partial charge in [0.05, 0.1) is 33.2 Å². The van der Waals surface area contributed by atoms with E-state index in [-0.39, 0.29) is 59.1 Å². The van der Waals surface area contributed by atoms with Crippen molar-refractivity contribution in [2.75, 3.05) is 18.0 Å². The molecule has 2 aliphatic heterocycles. The van der Waals surface area contributed by atoms with E-state index < -0.39 is 15.4 Å². The Kier molecular flexibility index (Phi) is 5.26. The first-order valence-electron chi connectivity index (χ1n) is 9.97. The summed E-state index contributed by atoms with van der Waals surface area (Å²) in [6, 6.07) is 4.21. The van der Waals surface area contributed by atoms with Crippen molar-refractivity contribution in [3.05, 3.63) is 23.2 Å². The van der Waals surface area contributed by atoms with Gasteiger partial charge in [-0.1, -0.05) is 24.4 Å². The molecule has 1 aromatic carbocycles. The Morgan fingerprint density at radius 1 is 1.10 bits per heavy atom. The molecule has 2 heterocycles. The molecular formula is C20H25ClN2O5S. The molecule has 9 heteroatoms. The molecule has 1 spiro atoms. The number of benzene rings is 1. The first-order valence-corrected chi connectivity index (χ1v) is 11.8. The van der Waals surface area contributed by atoms with Crippen molar-refractivity contribution in [1.82, 2.24) is 4.31 Å². The molecule has 3 aliphatic rings. The molecule has 1 aromatic rings. The van der Waals surface area contributed by atoms with Gasteiger partial charge < -0.3 is 4.74 Å². The third-order valence-electron chi connectivity index (χ3n) is 6.14. The van der Waals surface area contributed by atoms with Gasteiger partial charge >= 0.3 is 0 Å². The standard InChI is InChI=1S/C20H25ClN2O5S/c1-13-11-22(12-14(2)28-13)29(26,27)15-5-6-17(16(21)9-15)23-18(24)10-20(19(23)25)7-3-4-8-20/h5-6,9,13-14H,3-4,7-8,10-12H2,1-2H3. The molecule has 2 amide bonds. The summed E-state index contributed by atoms with van der Waals surface area (Å²) in [6.07, 6.45) is 3.10. The van der Waals surface area contributed by atoms with E-state index in [0.29, 0.717) is 12.8 Å². The second kappa shape index (κ2) is 7.34. The van der Waals surface area contributed by atoms with Gasteiger partial charge in [0.1, 0.15) is 0 Å². The number of anilines is 1. The van der Waals surface area contributed by atoms with E-state index in [0.717, 1.165) is 17.7 Å². The first kappa shape index (κ1) is 20.8. The molecule has 0 bridgehead atoms. The maximum absolute atomic E-state index is 13.1. The number of nitrogens with zero attached hydrogens (tertiary/aromatic N) is 2. The summed E-state index contributed by atoms with van der Waals surface area (Å²) in [5, 5.41) is 0.0807. The Morgan fingerprint density at radius 3 is 2.31 bits per heavy atom. The average Bonchev–Trinajstić information content (AvgIpc) is 3.20. The van der Waals surface area contributed by atoms with Crippen molar-refractivity contribution in [3.8, 4) is 0 Å². The lowest BCUT2D eigenvalue weighted by atomic mass is 9.84. The molecular weight excluding hydrogens is 416 g/mol. The average molecular weight is 441 g/mol. The maximum Gasteiger partial charge on any atom is 0.243 e. The van der Waals surface area contributed by atoms with Gasteiger partial charge in [0.2, 0.25) is 21.8 Å². The number of morpholine rings is 1. The molecule has 2 atom stereocenters. The minimum absolute atomic E-state index is 0.0437. The molecule has 1 saturated carbocycles. The normalized spacial score (nSPS) is 27.9. The van der Waals surface area contributed by atoms with E-state index in [9.17, 15) is 18.0 Å². The van der Waals surface area contributed by atoms with E-state index in [1.54, 1.807) is 0 Å². The van der Waals surface area contributed by atoms with Crippen molar-refractivity contribution >= 4 is 39.1 Å². The molecule has 3 fully saturated rings. The molecule has 7 nitrogen and oxygen atoms in total. The van der Waals surface area contributed by atoms with Gasteiger partial charge in [-0.25, -0.2) is 13.3 Å². The minimum atomic E-state index is -3.76. The van der Waals surface area contributed by atoms with Crippen LogP contribution >= 0.6 is 11.6 Å². The smallest absolute Gasteiger partial charge is 0.243 e. The number of ether oxygens (including phenoxy) is 1. The highest BCUT2D eigenvalue weighted by Gasteiger charge is 2.53. The lowest BCUT2D eigenvalue weighted by Crippen LogP contribution is -2.48. The number of halogens is 1. The minimum Gasteiger partial charge on any atom is -0.373 e. The summed E-state index contributed by atoms with van der Waals surface area (Å²) < 4.78 is 33.1. The third-order valence-corrected chi connectivity index (χ3v) is 8.27. The van der Waals surface area contributed by atoms with Crippen molar-refractivity contribution in [3.63, 3.8) is 0 Å². The Morgan fingerprint density at radius 2 is 1.72 bits per heavy atom. The number of hydrogen-bond donors (Lipinski definition) is 0. The van der Waals surface area contributed by atoms with Crippen LogP contribution in [0.5, 0.6) is 0 Å². The van der Waals surface area contributed by atoms with Crippen LogP contribution in [0.4, 0.5) is 5.69 Å². The topological polar surface area (TPSA) is 84.0 Å². The molecule has 2 unspecified atom stereocenters. The second-order valence-electron chi connectivity index (χ2n) is 8.39. The zero-order valence-electron chi connectivity index (χ0n) is 16.6. The Balaban J connectivity index is 1.63. The van der Waals surface area contributed by atoms with Crippen LogP contribution in [0.2, 0.25) is 5.02 Å². The van der Waals surface area contributed by atoms with E-state index in [2.05, 4.69) is 0 Å². The summed E-state index contributed by atoms with van der Waals surface area (Å²) in [5.41, 5.74) is -0.348. The van der Waals surface area contributed by atoms with Gasteiger partial charge in [0, 0.05) is 19.5 Å². The number of carbonyl (C=O) groups excluding carboxylic acids is 2. The largest absolute Gasteiger partial charge is 0.373 e. The van der Waals surface area contributed by atoms with Crippen LogP contribution in [0.15, 0.2) is 23.1 Å². The lowest BCUT2D eigenvalue weighted by molar-refractivity contribution is -0.125. The second-order valence-corrected chi connectivity index (χ2v) is 10.7. The van der Waals surface area contributed by atoms with Gasteiger partial charge in [-0.05, 0) is 44.9 Å². The fourth-order valence-electron chi connectivity index (χ4n) is 4.79. The van der Waals surface area contributed by atoms with Gasteiger partial charge in [0.25, 0.3) is 0 Å². The highest BCUT2D eigenvalue weighted by molar-refractivity contribution is 7.89. The zero-order chi connectivity index (χ0) is 21.0. The summed E-state index contributed by atoms with van der Waals surface area (Å²) in [5.74, 6) is -0.487. The molecule has 29 heavy (non-hydrogen) atoms. The predicted octanol–water partition coefficient (Wildman–Crippen LogP) is 2.96. The third kappa shape index (κ3) is 3.50. The van der Waals surface area contributed by atoms with Crippen LogP contribution in [0, 0.1) is 5.41 Å². The van der Waals surface area contributed by atoms with Crippen molar-refractivity contribution in [2.45, 2.75) is 63.1 Å². The monoisotopic (exact) mass is 440 g/mol. The number of hydrogen-bond acceptors (Lipinski definition) is 5. The summed E-state index contributed by atoms with van der Waals surface area (Å²) in [6.45, 7) is 4.19. The fraction of sp³-hybridized carbons (Fsp3) is 0.600. The summed E-state index contributed by atoms with van der Waals surface area (Å²) in [7, 11) is -3.76. The quantitative estimate of drug-likeness (QED) is 0.674. The fourth-order valence-corrected chi connectivity index (χ4v) is 6.73. The van der Waals surface area contributed by atoms with E-state index in [1.807, 2.05) is 13.8 Å². The predicted molar refractivity (Wildman–Crippen MR) is 108 cm³/mol. The van der Waals surface area contributed by atoms with E-state index in [4.69, 9.17) is 16.3 Å². The van der Waals surface area contributed by atoms with Gasteiger partial charge in [-0.15, -0.1) is 0 Å². The number of sulfonamides is 1. The van der Waals surface area contributed by atoms with Gasteiger partial charge in [-0.3, -0.25) is 9.59 Å². The number of amides is 2. The molecule has 0 radical (unpaired) electrons. The van der Waals surface area contributed by atoms with Crippen molar-refractivity contribution in [2.24, 2.45) is 5.41 Å². The van der Waals surface area contributed by atoms with Crippen LogP contribution in [0.25, 0.3) is 0 Å². The number of rotatable bonds is 3. The van der Waals surface area contributed by atoms with Crippen LogP contribution in [0.1, 0.15) is 46.0 Å². The van der Waals surface area contributed by atoms with Crippen molar-refractivity contribution < 1.29 is 22.7 Å². The molecule has 0 aromatic heterocycles. The Hall–Kier alpha value is -1.48. The van der Waals surface area contributed by atoms with Crippen molar-refractivity contribution in [1.29, 1.82) is 0 Å². The van der Waals surface area contributed by atoms with E-state index in [1.165, 1.54) is 22.5 Å². The maximum atomic E-state index is 13.1. The Bertz CT molecular complexity index is 948. The van der Waals surface area contributed by atoms with Crippen LogP contribution in [-0.4, -0.2) is 49.8 Å². The zero-order valence-corrected chi connectivity index (χ0v) is 18.1.